The summed E-state index contributed by atoms with van der Waals surface area (Å²) in [5.74, 6) is -3.39. The van der Waals surface area contributed by atoms with Gasteiger partial charge in [-0.15, -0.1) is 0 Å². The Morgan fingerprint density at radius 1 is 0.912 bits per heavy atom. The summed E-state index contributed by atoms with van der Waals surface area (Å²) in [5, 5.41) is 29.7. The first-order valence-corrected chi connectivity index (χ1v) is 11.3. The number of hydrogen-bond acceptors (Lipinski definition) is 6. The quantitative estimate of drug-likeness (QED) is 0.316. The van der Waals surface area contributed by atoms with Gasteiger partial charge in [-0.2, -0.15) is 0 Å². The van der Waals surface area contributed by atoms with Crippen LogP contribution in [0.25, 0.3) is 0 Å². The molecule has 1 atom stereocenters. The van der Waals surface area contributed by atoms with E-state index in [0.29, 0.717) is 13.0 Å². The average Bonchev–Trinajstić information content (AvgIpc) is 3.05. The van der Waals surface area contributed by atoms with E-state index in [1.165, 1.54) is 35.4 Å². The fraction of sp³-hybridized carbons (Fsp3) is 0.375. The zero-order valence-corrected chi connectivity index (χ0v) is 19.6. The number of hydrogen-bond donors (Lipinski definition) is 6. The van der Waals surface area contributed by atoms with Crippen molar-refractivity contribution in [3.05, 3.63) is 69.7 Å². The smallest absolute Gasteiger partial charge is 0.336 e. The monoisotopic (exact) mass is 493 g/mol. The molecule has 8 N–H and O–H groups in total. The standard InChI is InChI=1S/C10H12ClN.C8H6O4.C6H14N2O2/c11-10-2-1-8-3-5-12-6-4-9(8)7-10;9-7(10)5-3-1-2-4-6(5)8(11)12;7-4-2-1-3-5(8)6(9)10/h1-2,7,12H,3-6H2;1-4H,(H,9,10)(H,11,12);5H,1-4,7-8H2,(H,9,10). The molecule has 186 valence electrons. The molecule has 34 heavy (non-hydrogen) atoms. The topological polar surface area (TPSA) is 176 Å². The van der Waals surface area contributed by atoms with Crippen molar-refractivity contribution >= 4 is 29.5 Å². The maximum absolute atomic E-state index is 10.5. The van der Waals surface area contributed by atoms with Crippen LogP contribution in [0, 0.1) is 0 Å². The van der Waals surface area contributed by atoms with Gasteiger partial charge in [0.25, 0.3) is 0 Å². The number of benzene rings is 2. The molecule has 10 heteroatoms. The van der Waals surface area contributed by atoms with Crippen molar-refractivity contribution in [2.24, 2.45) is 11.5 Å². The molecule has 0 radical (unpaired) electrons. The second kappa shape index (κ2) is 15.8. The number of halogens is 1. The molecule has 0 aromatic heterocycles. The van der Waals surface area contributed by atoms with E-state index in [1.54, 1.807) is 0 Å². The molecule has 2 aromatic rings. The lowest BCUT2D eigenvalue weighted by Gasteiger charge is -2.03. The van der Waals surface area contributed by atoms with Crippen molar-refractivity contribution in [3.8, 4) is 0 Å². The number of nitrogens with two attached hydrogens (primary N) is 2. The highest BCUT2D eigenvalue weighted by Crippen LogP contribution is 2.18. The Kier molecular flexibility index (Phi) is 13.5. The van der Waals surface area contributed by atoms with E-state index in [0.717, 1.165) is 43.8 Å². The summed E-state index contributed by atoms with van der Waals surface area (Å²) in [6, 6.07) is 11.0. The highest BCUT2D eigenvalue weighted by atomic mass is 35.5. The number of carbonyl (C=O) groups is 3. The number of rotatable bonds is 7. The SMILES string of the molecule is Clc1ccc2c(c1)CCNCC2.NCCCCC(N)C(=O)O.O=C(O)c1ccccc1C(=O)O. The lowest BCUT2D eigenvalue weighted by molar-refractivity contribution is -0.138. The molecule has 0 spiro atoms. The molecule has 1 unspecified atom stereocenters. The third-order valence-corrected chi connectivity index (χ3v) is 5.22. The molecule has 9 nitrogen and oxygen atoms in total. The molecule has 0 saturated carbocycles. The van der Waals surface area contributed by atoms with Crippen LogP contribution >= 0.6 is 11.6 Å². The van der Waals surface area contributed by atoms with E-state index in [4.69, 9.17) is 38.4 Å². The van der Waals surface area contributed by atoms with Crippen LogP contribution in [0.5, 0.6) is 0 Å². The first-order valence-electron chi connectivity index (χ1n) is 10.9. The van der Waals surface area contributed by atoms with E-state index >= 15 is 0 Å². The zero-order chi connectivity index (χ0) is 25.5. The maximum Gasteiger partial charge on any atom is 0.336 e. The van der Waals surface area contributed by atoms with Crippen molar-refractivity contribution in [1.82, 2.24) is 5.32 Å². The molecule has 0 bridgehead atoms. The summed E-state index contributed by atoms with van der Waals surface area (Å²) >= 11 is 5.91. The van der Waals surface area contributed by atoms with Gasteiger partial charge in [0.15, 0.2) is 0 Å². The summed E-state index contributed by atoms with van der Waals surface area (Å²) in [4.78, 5) is 31.1. The molecule has 0 amide bonds. The molecule has 3 rings (SSSR count). The van der Waals surface area contributed by atoms with Gasteiger partial charge in [0.05, 0.1) is 11.1 Å². The van der Waals surface area contributed by atoms with E-state index in [-0.39, 0.29) is 11.1 Å². The van der Waals surface area contributed by atoms with Crippen LogP contribution in [0.15, 0.2) is 42.5 Å². The summed E-state index contributed by atoms with van der Waals surface area (Å²) < 4.78 is 0. The lowest BCUT2D eigenvalue weighted by Crippen LogP contribution is -2.29. The average molecular weight is 494 g/mol. The number of nitrogens with one attached hydrogen (secondary N) is 1. The molecule has 1 aliphatic rings. The van der Waals surface area contributed by atoms with Gasteiger partial charge in [-0.05, 0) is 80.7 Å². The highest BCUT2D eigenvalue weighted by Gasteiger charge is 2.13. The molecule has 2 aromatic carbocycles. The molecule has 1 heterocycles. The van der Waals surface area contributed by atoms with Gasteiger partial charge in [-0.3, -0.25) is 4.79 Å². The highest BCUT2D eigenvalue weighted by molar-refractivity contribution is 6.30. The van der Waals surface area contributed by atoms with Crippen LogP contribution in [0.1, 0.15) is 51.1 Å². The van der Waals surface area contributed by atoms with Crippen LogP contribution in [-0.4, -0.2) is 58.9 Å². The predicted molar refractivity (Wildman–Crippen MR) is 131 cm³/mol. The second-order valence-corrected chi connectivity index (χ2v) is 7.98. The minimum atomic E-state index is -1.23. The Balaban J connectivity index is 0.000000257. The van der Waals surface area contributed by atoms with Gasteiger partial charge in [-0.1, -0.05) is 36.2 Å². The Hall–Kier alpha value is -2.98. The van der Waals surface area contributed by atoms with Gasteiger partial charge in [0, 0.05) is 5.02 Å². The van der Waals surface area contributed by atoms with Gasteiger partial charge in [0.2, 0.25) is 0 Å². The molecular formula is C24H32ClN3O6. The largest absolute Gasteiger partial charge is 0.480 e. The zero-order valence-electron chi connectivity index (χ0n) is 18.9. The van der Waals surface area contributed by atoms with Gasteiger partial charge in [0.1, 0.15) is 6.04 Å². The fourth-order valence-electron chi connectivity index (χ4n) is 3.13. The lowest BCUT2D eigenvalue weighted by atomic mass is 10.0. The van der Waals surface area contributed by atoms with Crippen LogP contribution < -0.4 is 16.8 Å². The summed E-state index contributed by atoms with van der Waals surface area (Å²) in [7, 11) is 0. The predicted octanol–water partition coefficient (Wildman–Crippen LogP) is 2.64. The number of carboxylic acids is 3. The molecular weight excluding hydrogens is 462 g/mol. The summed E-state index contributed by atoms with van der Waals surface area (Å²) in [6.07, 6.45) is 4.40. The summed E-state index contributed by atoms with van der Waals surface area (Å²) in [5.41, 5.74) is 12.9. The number of aliphatic carboxylic acids is 1. The third-order valence-electron chi connectivity index (χ3n) is 4.98. The minimum Gasteiger partial charge on any atom is -0.480 e. The van der Waals surface area contributed by atoms with E-state index in [1.807, 2.05) is 6.07 Å². The van der Waals surface area contributed by atoms with Crippen LogP contribution in [0.4, 0.5) is 0 Å². The fourth-order valence-corrected chi connectivity index (χ4v) is 3.33. The molecule has 0 saturated heterocycles. The van der Waals surface area contributed by atoms with Crippen molar-refractivity contribution in [2.75, 3.05) is 19.6 Å². The van der Waals surface area contributed by atoms with Crippen molar-refractivity contribution in [1.29, 1.82) is 0 Å². The number of fused-ring (bicyclic) bond motifs is 1. The van der Waals surface area contributed by atoms with Crippen LogP contribution in [0.3, 0.4) is 0 Å². The normalized spacial score (nSPS) is 13.0. The van der Waals surface area contributed by atoms with Gasteiger partial charge in [-0.25, -0.2) is 9.59 Å². The molecule has 0 aliphatic carbocycles. The van der Waals surface area contributed by atoms with Crippen molar-refractivity contribution in [2.45, 2.75) is 38.1 Å². The summed E-state index contributed by atoms with van der Waals surface area (Å²) in [6.45, 7) is 2.77. The Bertz CT molecular complexity index is 921. The number of unbranched alkanes of at least 4 members (excludes halogenated alkanes) is 1. The van der Waals surface area contributed by atoms with E-state index in [9.17, 15) is 14.4 Å². The van der Waals surface area contributed by atoms with Gasteiger partial charge >= 0.3 is 17.9 Å². The maximum atomic E-state index is 10.5. The van der Waals surface area contributed by atoms with Crippen molar-refractivity contribution in [3.63, 3.8) is 0 Å². The third kappa shape index (κ3) is 10.8. The second-order valence-electron chi connectivity index (χ2n) is 7.55. The van der Waals surface area contributed by atoms with E-state index in [2.05, 4.69) is 17.4 Å². The first-order chi connectivity index (χ1) is 16.2. The minimum absolute atomic E-state index is 0.190. The van der Waals surface area contributed by atoms with Crippen molar-refractivity contribution < 1.29 is 29.7 Å². The van der Waals surface area contributed by atoms with Gasteiger partial charge < -0.3 is 32.1 Å². The Morgan fingerprint density at radius 3 is 1.97 bits per heavy atom. The van der Waals surface area contributed by atoms with Crippen LogP contribution in [0.2, 0.25) is 5.02 Å². The first kappa shape index (κ1) is 29.1. The molecule has 1 aliphatic heterocycles. The van der Waals surface area contributed by atoms with E-state index < -0.39 is 23.9 Å². The number of carboxylic acid groups (broad SMARTS) is 3. The Labute approximate surface area is 203 Å². The van der Waals surface area contributed by atoms with Crippen LogP contribution in [-0.2, 0) is 17.6 Å². The number of aromatic carboxylic acids is 2. The molecule has 0 fully saturated rings. The Morgan fingerprint density at radius 2 is 1.47 bits per heavy atom.